The van der Waals surface area contributed by atoms with E-state index in [1.54, 1.807) is 4.68 Å². The maximum absolute atomic E-state index is 12.2. The molecule has 0 spiro atoms. The van der Waals surface area contributed by atoms with Crippen LogP contribution in [0.15, 0.2) is 40.8 Å². The van der Waals surface area contributed by atoms with Crippen LogP contribution in [0, 0.1) is 13.8 Å². The Bertz CT molecular complexity index is 783. The number of para-hydroxylation sites is 1. The van der Waals surface area contributed by atoms with Gasteiger partial charge < -0.3 is 9.73 Å². The number of fused-ring (bicyclic) bond motifs is 1. The highest BCUT2D eigenvalue weighted by atomic mass is 16.3. The summed E-state index contributed by atoms with van der Waals surface area (Å²) in [6.07, 6.45) is 0. The monoisotopic (exact) mass is 297 g/mol. The molecule has 1 aromatic carbocycles. The molecule has 0 aliphatic carbocycles. The molecule has 5 heteroatoms. The van der Waals surface area contributed by atoms with E-state index in [9.17, 15) is 4.79 Å². The van der Waals surface area contributed by atoms with Crippen LogP contribution in [0.4, 0.5) is 0 Å². The number of hydrogen-bond acceptors (Lipinski definition) is 3. The molecule has 0 aliphatic heterocycles. The number of carbonyl (C=O) groups excluding carboxylic acids is 1. The van der Waals surface area contributed by atoms with E-state index in [1.807, 2.05) is 57.2 Å². The van der Waals surface area contributed by atoms with Crippen molar-refractivity contribution < 1.29 is 9.21 Å². The highest BCUT2D eigenvalue weighted by molar-refractivity contribution is 5.79. The summed E-state index contributed by atoms with van der Waals surface area (Å²) in [6, 6.07) is 11.5. The summed E-state index contributed by atoms with van der Waals surface area (Å²) in [6.45, 7) is 5.98. The second kappa shape index (κ2) is 5.67. The topological polar surface area (TPSA) is 60.1 Å². The lowest BCUT2D eigenvalue weighted by Gasteiger charge is -2.12. The van der Waals surface area contributed by atoms with Gasteiger partial charge >= 0.3 is 0 Å². The molecule has 22 heavy (non-hydrogen) atoms. The van der Waals surface area contributed by atoms with Gasteiger partial charge in [0, 0.05) is 11.1 Å². The van der Waals surface area contributed by atoms with E-state index in [4.69, 9.17) is 4.42 Å². The lowest BCUT2D eigenvalue weighted by molar-refractivity contribution is -0.122. The largest absolute Gasteiger partial charge is 0.459 e. The van der Waals surface area contributed by atoms with Gasteiger partial charge in [-0.05, 0) is 39.0 Å². The molecule has 1 atom stereocenters. The SMILES string of the molecule is Cc1cc(C)n(CC(=O)NC(C)c2cc3ccccc3o2)n1. The Morgan fingerprint density at radius 3 is 2.77 bits per heavy atom. The van der Waals surface area contributed by atoms with Gasteiger partial charge in [-0.15, -0.1) is 0 Å². The second-order valence-corrected chi connectivity index (χ2v) is 5.56. The fourth-order valence-electron chi connectivity index (χ4n) is 2.55. The van der Waals surface area contributed by atoms with E-state index < -0.39 is 0 Å². The number of furan rings is 1. The Morgan fingerprint density at radius 2 is 2.09 bits per heavy atom. The van der Waals surface area contributed by atoms with Crippen LogP contribution in [-0.4, -0.2) is 15.7 Å². The molecule has 1 unspecified atom stereocenters. The van der Waals surface area contributed by atoms with Crippen molar-refractivity contribution in [1.29, 1.82) is 0 Å². The zero-order valence-electron chi connectivity index (χ0n) is 13.0. The molecule has 0 aliphatic rings. The van der Waals surface area contributed by atoms with Gasteiger partial charge in [-0.2, -0.15) is 5.10 Å². The van der Waals surface area contributed by atoms with Crippen LogP contribution >= 0.6 is 0 Å². The molecule has 0 fully saturated rings. The zero-order chi connectivity index (χ0) is 15.7. The molecule has 0 saturated heterocycles. The third kappa shape index (κ3) is 2.88. The van der Waals surface area contributed by atoms with Gasteiger partial charge in [0.05, 0.1) is 11.7 Å². The van der Waals surface area contributed by atoms with Crippen molar-refractivity contribution in [2.24, 2.45) is 0 Å². The molecule has 2 heterocycles. The molecule has 3 rings (SSSR count). The van der Waals surface area contributed by atoms with Crippen LogP contribution in [0.1, 0.15) is 30.1 Å². The van der Waals surface area contributed by atoms with Crippen molar-refractivity contribution in [1.82, 2.24) is 15.1 Å². The Balaban J connectivity index is 1.69. The predicted octanol–water partition coefficient (Wildman–Crippen LogP) is 3.12. The Morgan fingerprint density at radius 1 is 1.32 bits per heavy atom. The van der Waals surface area contributed by atoms with E-state index in [1.165, 1.54) is 0 Å². The Labute approximate surface area is 128 Å². The Hall–Kier alpha value is -2.56. The van der Waals surface area contributed by atoms with Gasteiger partial charge in [0.15, 0.2) is 0 Å². The average Bonchev–Trinajstić information content (AvgIpc) is 3.02. The molecule has 0 bridgehead atoms. The van der Waals surface area contributed by atoms with E-state index >= 15 is 0 Å². The lowest BCUT2D eigenvalue weighted by Crippen LogP contribution is -2.30. The smallest absolute Gasteiger partial charge is 0.242 e. The summed E-state index contributed by atoms with van der Waals surface area (Å²) in [5.41, 5.74) is 2.72. The highest BCUT2D eigenvalue weighted by Crippen LogP contribution is 2.23. The molecule has 114 valence electrons. The zero-order valence-corrected chi connectivity index (χ0v) is 13.0. The van der Waals surface area contributed by atoms with Crippen molar-refractivity contribution in [3.8, 4) is 0 Å². The summed E-state index contributed by atoms with van der Waals surface area (Å²) in [5.74, 6) is 0.669. The number of aryl methyl sites for hydroxylation is 2. The van der Waals surface area contributed by atoms with Crippen LogP contribution in [0.2, 0.25) is 0 Å². The first-order chi connectivity index (χ1) is 10.5. The number of nitrogens with one attached hydrogen (secondary N) is 1. The van der Waals surface area contributed by atoms with E-state index in [0.717, 1.165) is 28.1 Å². The summed E-state index contributed by atoms with van der Waals surface area (Å²) in [4.78, 5) is 12.2. The maximum atomic E-state index is 12.2. The van der Waals surface area contributed by atoms with E-state index in [0.29, 0.717) is 0 Å². The van der Waals surface area contributed by atoms with Crippen LogP contribution < -0.4 is 5.32 Å². The molecule has 2 aromatic heterocycles. The third-order valence-corrected chi connectivity index (χ3v) is 3.65. The summed E-state index contributed by atoms with van der Waals surface area (Å²) in [7, 11) is 0. The van der Waals surface area contributed by atoms with Gasteiger partial charge in [0.1, 0.15) is 17.9 Å². The molecule has 5 nitrogen and oxygen atoms in total. The van der Waals surface area contributed by atoms with Crippen molar-refractivity contribution in [2.45, 2.75) is 33.4 Å². The minimum atomic E-state index is -0.183. The van der Waals surface area contributed by atoms with Crippen LogP contribution in [0.3, 0.4) is 0 Å². The molecule has 1 amide bonds. The van der Waals surface area contributed by atoms with Gasteiger partial charge in [-0.25, -0.2) is 0 Å². The van der Waals surface area contributed by atoms with Crippen molar-refractivity contribution in [3.63, 3.8) is 0 Å². The number of carbonyl (C=O) groups is 1. The van der Waals surface area contributed by atoms with Crippen molar-refractivity contribution in [2.75, 3.05) is 0 Å². The van der Waals surface area contributed by atoms with E-state index in [2.05, 4.69) is 10.4 Å². The van der Waals surface area contributed by atoms with Gasteiger partial charge in [0.2, 0.25) is 5.91 Å². The summed E-state index contributed by atoms with van der Waals surface area (Å²) < 4.78 is 7.48. The van der Waals surface area contributed by atoms with Gasteiger partial charge in [-0.1, -0.05) is 18.2 Å². The molecule has 3 aromatic rings. The lowest BCUT2D eigenvalue weighted by atomic mass is 10.2. The first kappa shape index (κ1) is 14.4. The number of aromatic nitrogens is 2. The molecule has 1 N–H and O–H groups in total. The predicted molar refractivity (Wildman–Crippen MR) is 84.5 cm³/mol. The molecular weight excluding hydrogens is 278 g/mol. The first-order valence-electron chi connectivity index (χ1n) is 7.32. The number of benzene rings is 1. The maximum Gasteiger partial charge on any atom is 0.242 e. The third-order valence-electron chi connectivity index (χ3n) is 3.65. The molecule has 0 radical (unpaired) electrons. The van der Waals surface area contributed by atoms with Gasteiger partial charge in [0.25, 0.3) is 0 Å². The molecular formula is C17H19N3O2. The highest BCUT2D eigenvalue weighted by Gasteiger charge is 2.15. The first-order valence-corrected chi connectivity index (χ1v) is 7.32. The normalized spacial score (nSPS) is 12.5. The van der Waals surface area contributed by atoms with Crippen molar-refractivity contribution in [3.05, 3.63) is 53.5 Å². The number of nitrogens with zero attached hydrogens (tertiary/aromatic N) is 2. The average molecular weight is 297 g/mol. The summed E-state index contributed by atoms with van der Waals surface area (Å²) in [5, 5.41) is 8.28. The standard InChI is InChI=1S/C17H19N3O2/c1-11-8-12(2)20(19-11)10-17(21)18-13(3)16-9-14-6-4-5-7-15(14)22-16/h4-9,13H,10H2,1-3H3,(H,18,21). The quantitative estimate of drug-likeness (QED) is 0.805. The minimum Gasteiger partial charge on any atom is -0.459 e. The van der Waals surface area contributed by atoms with Crippen LogP contribution in [0.25, 0.3) is 11.0 Å². The van der Waals surface area contributed by atoms with E-state index in [-0.39, 0.29) is 18.5 Å². The summed E-state index contributed by atoms with van der Waals surface area (Å²) >= 11 is 0. The van der Waals surface area contributed by atoms with Crippen molar-refractivity contribution >= 4 is 16.9 Å². The number of amides is 1. The fourth-order valence-corrected chi connectivity index (χ4v) is 2.55. The fraction of sp³-hybridized carbons (Fsp3) is 0.294. The second-order valence-electron chi connectivity index (χ2n) is 5.56. The van der Waals surface area contributed by atoms with Crippen LogP contribution in [-0.2, 0) is 11.3 Å². The minimum absolute atomic E-state index is 0.0841. The number of rotatable bonds is 4. The van der Waals surface area contributed by atoms with Gasteiger partial charge in [-0.3, -0.25) is 9.48 Å². The van der Waals surface area contributed by atoms with Crippen LogP contribution in [0.5, 0.6) is 0 Å². The molecule has 0 saturated carbocycles. The number of hydrogen-bond donors (Lipinski definition) is 1. The Kier molecular flexibility index (Phi) is 3.71.